The molecule has 0 unspecified atom stereocenters. The van der Waals surface area contributed by atoms with E-state index in [9.17, 15) is 4.79 Å². The maximum absolute atomic E-state index is 12.6. The van der Waals surface area contributed by atoms with Gasteiger partial charge in [0.2, 0.25) is 5.82 Å². The third-order valence-electron chi connectivity index (χ3n) is 4.82. The molecule has 0 saturated carbocycles. The summed E-state index contributed by atoms with van der Waals surface area (Å²) in [6.45, 7) is 5.21. The fourth-order valence-electron chi connectivity index (χ4n) is 3.41. The Labute approximate surface area is 168 Å². The number of rotatable bonds is 5. The van der Waals surface area contributed by atoms with Crippen molar-refractivity contribution in [3.8, 4) is 5.69 Å². The van der Waals surface area contributed by atoms with Crippen LogP contribution in [-0.4, -0.2) is 67.1 Å². The Hall–Kier alpha value is -3.75. The highest BCUT2D eigenvalue weighted by atomic mass is 16.2. The Kier molecular flexibility index (Phi) is 5.19. The average molecular weight is 390 g/mol. The number of nitrogens with one attached hydrogen (secondary N) is 1. The van der Waals surface area contributed by atoms with Crippen molar-refractivity contribution in [2.45, 2.75) is 12.5 Å². The van der Waals surface area contributed by atoms with Gasteiger partial charge in [0.25, 0.3) is 5.91 Å². The zero-order chi connectivity index (χ0) is 20.2. The van der Waals surface area contributed by atoms with Gasteiger partial charge in [-0.1, -0.05) is 24.8 Å². The molecule has 148 valence electrons. The van der Waals surface area contributed by atoms with E-state index in [4.69, 9.17) is 0 Å². The van der Waals surface area contributed by atoms with E-state index in [1.54, 1.807) is 30.5 Å². The fourth-order valence-corrected chi connectivity index (χ4v) is 3.41. The van der Waals surface area contributed by atoms with Crippen molar-refractivity contribution in [3.05, 3.63) is 67.3 Å². The van der Waals surface area contributed by atoms with Crippen LogP contribution in [0, 0.1) is 0 Å². The van der Waals surface area contributed by atoms with E-state index in [0.717, 1.165) is 30.3 Å². The average Bonchev–Trinajstić information content (AvgIpc) is 3.50. The predicted molar refractivity (Wildman–Crippen MR) is 110 cm³/mol. The number of aliphatic imine (C=N–C) groups is 1. The second-order valence-electron chi connectivity index (χ2n) is 6.64. The van der Waals surface area contributed by atoms with E-state index in [1.807, 2.05) is 41.1 Å². The largest absolute Gasteiger partial charge is 0.352 e. The highest BCUT2D eigenvalue weighted by molar-refractivity contribution is 5.96. The van der Waals surface area contributed by atoms with Gasteiger partial charge in [-0.05, 0) is 18.6 Å². The van der Waals surface area contributed by atoms with E-state index in [-0.39, 0.29) is 17.8 Å². The summed E-state index contributed by atoms with van der Waals surface area (Å²) < 4.78 is 3.42. The minimum Gasteiger partial charge on any atom is -0.352 e. The van der Waals surface area contributed by atoms with Crippen molar-refractivity contribution in [1.82, 2.24) is 34.5 Å². The Bertz CT molecular complexity index is 1040. The molecular weight excluding hydrogens is 368 g/mol. The first-order chi connectivity index (χ1) is 14.2. The van der Waals surface area contributed by atoms with E-state index in [2.05, 4.69) is 36.9 Å². The number of aromatic nitrogens is 5. The van der Waals surface area contributed by atoms with Crippen LogP contribution in [0.15, 0.2) is 60.6 Å². The highest BCUT2D eigenvalue weighted by Crippen LogP contribution is 2.15. The zero-order valence-electron chi connectivity index (χ0n) is 16.1. The number of likely N-dealkylation sites (tertiary alicyclic amines) is 1. The molecule has 0 bridgehead atoms. The minimum atomic E-state index is -0.283. The first-order valence-corrected chi connectivity index (χ1v) is 9.35. The van der Waals surface area contributed by atoms with Crippen molar-refractivity contribution in [2.24, 2.45) is 4.99 Å². The van der Waals surface area contributed by atoms with Gasteiger partial charge in [-0.2, -0.15) is 0 Å². The van der Waals surface area contributed by atoms with Crippen molar-refractivity contribution >= 4 is 17.9 Å². The summed E-state index contributed by atoms with van der Waals surface area (Å²) in [5.74, 6) is 1.38. The number of carbonyl (C=O) groups excluding carboxylic acids is 1. The predicted octanol–water partition coefficient (Wildman–Crippen LogP) is 1.44. The molecule has 1 atom stereocenters. The first kappa shape index (κ1) is 18.6. The Morgan fingerprint density at radius 1 is 1.31 bits per heavy atom. The van der Waals surface area contributed by atoms with E-state index in [1.165, 1.54) is 0 Å². The van der Waals surface area contributed by atoms with Crippen LogP contribution >= 0.6 is 0 Å². The van der Waals surface area contributed by atoms with E-state index >= 15 is 0 Å². The lowest BCUT2D eigenvalue weighted by atomic mass is 10.2. The summed E-state index contributed by atoms with van der Waals surface area (Å²) in [5.41, 5.74) is 0.854. The maximum Gasteiger partial charge on any atom is 0.291 e. The van der Waals surface area contributed by atoms with Gasteiger partial charge in [-0.15, -0.1) is 5.10 Å². The standard InChI is InChI=1S/C20H22N8O/c1-3-26-12-10-22-19(26)18(21-2)27-11-9-15(13-27)24-20(29)17-23-14-28(25-17)16-7-5-4-6-8-16/h3-8,10,12,14-15H,1,9,11,13H2,2H3,(H,24,29)/t15-/m0/s1. The number of imidazole rings is 1. The summed E-state index contributed by atoms with van der Waals surface area (Å²) >= 11 is 0. The molecule has 0 radical (unpaired) electrons. The number of carbonyl (C=O) groups is 1. The number of benzene rings is 1. The van der Waals surface area contributed by atoms with Crippen LogP contribution in [0.2, 0.25) is 0 Å². The van der Waals surface area contributed by atoms with Crippen molar-refractivity contribution < 1.29 is 4.79 Å². The van der Waals surface area contributed by atoms with Crippen LogP contribution in [0.4, 0.5) is 0 Å². The molecule has 1 amide bonds. The topological polar surface area (TPSA) is 93.2 Å². The van der Waals surface area contributed by atoms with Gasteiger partial charge >= 0.3 is 0 Å². The quantitative estimate of drug-likeness (QED) is 0.526. The SMILES string of the molecule is C=Cn1ccnc1C(=NC)N1CC[C@H](NC(=O)c2ncn(-c3ccccc3)n2)C1. The van der Waals surface area contributed by atoms with E-state index in [0.29, 0.717) is 6.54 Å². The van der Waals surface area contributed by atoms with Crippen LogP contribution in [0.3, 0.4) is 0 Å². The Morgan fingerprint density at radius 3 is 2.90 bits per heavy atom. The van der Waals surface area contributed by atoms with Crippen LogP contribution < -0.4 is 5.32 Å². The summed E-state index contributed by atoms with van der Waals surface area (Å²) in [6.07, 6.45) is 7.59. The van der Waals surface area contributed by atoms with Crippen LogP contribution in [0.1, 0.15) is 22.9 Å². The van der Waals surface area contributed by atoms with Crippen LogP contribution in [-0.2, 0) is 0 Å². The molecule has 4 rings (SSSR count). The van der Waals surface area contributed by atoms with Crippen molar-refractivity contribution in [2.75, 3.05) is 20.1 Å². The van der Waals surface area contributed by atoms with Gasteiger partial charge in [0, 0.05) is 44.8 Å². The summed E-state index contributed by atoms with van der Waals surface area (Å²) in [6, 6.07) is 9.54. The Morgan fingerprint density at radius 2 is 2.14 bits per heavy atom. The monoisotopic (exact) mass is 390 g/mol. The lowest BCUT2D eigenvalue weighted by molar-refractivity contribution is 0.0928. The molecule has 9 heteroatoms. The molecule has 3 aromatic rings. The minimum absolute atomic E-state index is 0.0185. The maximum atomic E-state index is 12.6. The molecule has 2 aromatic heterocycles. The summed E-state index contributed by atoms with van der Waals surface area (Å²) in [4.78, 5) is 27.6. The molecule has 1 fully saturated rings. The molecule has 1 aromatic carbocycles. The normalized spacial score (nSPS) is 16.8. The first-order valence-electron chi connectivity index (χ1n) is 9.35. The molecule has 1 aliphatic heterocycles. The van der Waals surface area contributed by atoms with Crippen LogP contribution in [0.5, 0.6) is 0 Å². The van der Waals surface area contributed by atoms with Crippen molar-refractivity contribution in [3.63, 3.8) is 0 Å². The molecule has 1 aliphatic rings. The molecule has 1 saturated heterocycles. The lowest BCUT2D eigenvalue weighted by Crippen LogP contribution is -2.39. The third-order valence-corrected chi connectivity index (χ3v) is 4.82. The number of hydrogen-bond donors (Lipinski definition) is 1. The fraction of sp³-hybridized carbons (Fsp3) is 0.250. The van der Waals surface area contributed by atoms with Gasteiger partial charge in [0.05, 0.1) is 5.69 Å². The van der Waals surface area contributed by atoms with E-state index < -0.39 is 0 Å². The third kappa shape index (κ3) is 3.79. The molecule has 0 aliphatic carbocycles. The second-order valence-corrected chi connectivity index (χ2v) is 6.64. The highest BCUT2D eigenvalue weighted by Gasteiger charge is 2.29. The van der Waals surface area contributed by atoms with Gasteiger partial charge < -0.3 is 14.8 Å². The summed E-state index contributed by atoms with van der Waals surface area (Å²) in [5, 5.41) is 7.31. The molecule has 29 heavy (non-hydrogen) atoms. The molecule has 3 heterocycles. The zero-order valence-corrected chi connectivity index (χ0v) is 16.1. The van der Waals surface area contributed by atoms with Gasteiger partial charge in [0.1, 0.15) is 6.33 Å². The lowest BCUT2D eigenvalue weighted by Gasteiger charge is -2.20. The van der Waals surface area contributed by atoms with Crippen LogP contribution in [0.25, 0.3) is 11.9 Å². The number of nitrogens with zero attached hydrogens (tertiary/aromatic N) is 7. The van der Waals surface area contributed by atoms with Gasteiger partial charge in [0.15, 0.2) is 11.7 Å². The molecular formula is C20H22N8O. The smallest absolute Gasteiger partial charge is 0.291 e. The Balaban J connectivity index is 1.41. The second kappa shape index (κ2) is 8.09. The van der Waals surface area contributed by atoms with Crippen molar-refractivity contribution in [1.29, 1.82) is 0 Å². The molecule has 1 N–H and O–H groups in total. The van der Waals surface area contributed by atoms with Gasteiger partial charge in [-0.3, -0.25) is 9.79 Å². The number of para-hydroxylation sites is 1. The summed E-state index contributed by atoms with van der Waals surface area (Å²) in [7, 11) is 1.74. The van der Waals surface area contributed by atoms with Gasteiger partial charge in [-0.25, -0.2) is 14.6 Å². The number of amidine groups is 1. The molecule has 9 nitrogen and oxygen atoms in total. The number of hydrogen-bond acceptors (Lipinski definition) is 5. The number of amides is 1. The molecule has 0 spiro atoms.